The van der Waals surface area contributed by atoms with Gasteiger partial charge < -0.3 is 15.0 Å². The number of sulfonamides is 1. The van der Waals surface area contributed by atoms with E-state index in [0.29, 0.717) is 24.3 Å². The summed E-state index contributed by atoms with van der Waals surface area (Å²) in [6.45, 7) is 0.632. The molecule has 2 heterocycles. The lowest BCUT2D eigenvalue weighted by Gasteiger charge is -2.25. The molecular formula is C26H29N3O5S. The molecule has 1 aliphatic carbocycles. The van der Waals surface area contributed by atoms with Crippen molar-refractivity contribution in [3.05, 3.63) is 59.3 Å². The van der Waals surface area contributed by atoms with Gasteiger partial charge in [-0.3, -0.25) is 4.79 Å². The van der Waals surface area contributed by atoms with Gasteiger partial charge in [0.2, 0.25) is 10.0 Å². The number of ether oxygens (including phenoxy) is 1. The molecule has 184 valence electrons. The molecule has 2 aromatic carbocycles. The molecule has 9 heteroatoms. The maximum Gasteiger partial charge on any atom is 0.338 e. The standard InChI is InChI=1S/C26H29N3O5S/c30-25(27-19-9-11-20(12-10-19)35(32,33)29-14-4-1-5-15-29)17-34-26(31)18-8-13-24-22(16-18)21-6-2-3-7-23(21)28-24/h8-13,16,28H,1-7,14-15,17H2,(H,27,30). The van der Waals surface area contributed by atoms with Crippen LogP contribution in [0.4, 0.5) is 5.69 Å². The molecule has 0 unspecified atom stereocenters. The van der Waals surface area contributed by atoms with Crippen molar-refractivity contribution in [3.8, 4) is 0 Å². The van der Waals surface area contributed by atoms with Gasteiger partial charge in [-0.05, 0) is 86.6 Å². The fourth-order valence-electron chi connectivity index (χ4n) is 4.91. The Kier molecular flexibility index (Phi) is 6.62. The van der Waals surface area contributed by atoms with Gasteiger partial charge in [0.25, 0.3) is 5.91 Å². The zero-order valence-electron chi connectivity index (χ0n) is 19.5. The van der Waals surface area contributed by atoms with E-state index in [0.717, 1.165) is 49.4 Å². The molecule has 0 bridgehead atoms. The summed E-state index contributed by atoms with van der Waals surface area (Å²) in [5.41, 5.74) is 4.36. The number of carbonyl (C=O) groups is 2. The highest BCUT2D eigenvalue weighted by Gasteiger charge is 2.25. The van der Waals surface area contributed by atoms with E-state index >= 15 is 0 Å². The topological polar surface area (TPSA) is 109 Å². The number of fused-ring (bicyclic) bond motifs is 3. The summed E-state index contributed by atoms with van der Waals surface area (Å²) in [6, 6.07) is 11.5. The van der Waals surface area contributed by atoms with Crippen LogP contribution in [-0.4, -0.2) is 49.3 Å². The van der Waals surface area contributed by atoms with E-state index in [1.54, 1.807) is 18.2 Å². The van der Waals surface area contributed by atoms with E-state index in [1.165, 1.54) is 34.1 Å². The second-order valence-corrected chi connectivity index (χ2v) is 11.1. The number of esters is 1. The number of benzene rings is 2. The Hall–Kier alpha value is -3.17. The van der Waals surface area contributed by atoms with Gasteiger partial charge in [0.05, 0.1) is 10.5 Å². The van der Waals surface area contributed by atoms with Crippen LogP contribution in [0, 0.1) is 0 Å². The molecule has 3 aromatic rings. The maximum absolute atomic E-state index is 12.8. The van der Waals surface area contributed by atoms with Gasteiger partial charge in [-0.2, -0.15) is 4.31 Å². The van der Waals surface area contributed by atoms with E-state index in [4.69, 9.17) is 4.74 Å². The van der Waals surface area contributed by atoms with Crippen molar-refractivity contribution in [1.29, 1.82) is 0 Å². The smallest absolute Gasteiger partial charge is 0.338 e. The molecule has 1 aliphatic heterocycles. The molecule has 0 atom stereocenters. The Labute approximate surface area is 204 Å². The third-order valence-electron chi connectivity index (χ3n) is 6.76. The van der Waals surface area contributed by atoms with Crippen molar-refractivity contribution in [1.82, 2.24) is 9.29 Å². The van der Waals surface area contributed by atoms with Crippen LogP contribution >= 0.6 is 0 Å². The van der Waals surface area contributed by atoms with Crippen molar-refractivity contribution in [3.63, 3.8) is 0 Å². The number of hydrogen-bond acceptors (Lipinski definition) is 5. The third-order valence-corrected chi connectivity index (χ3v) is 8.67. The number of aryl methyl sites for hydroxylation is 2. The van der Waals surface area contributed by atoms with Crippen LogP contribution in [0.5, 0.6) is 0 Å². The molecule has 0 radical (unpaired) electrons. The van der Waals surface area contributed by atoms with Crippen LogP contribution in [0.25, 0.3) is 10.9 Å². The van der Waals surface area contributed by atoms with Crippen LogP contribution in [0.2, 0.25) is 0 Å². The first kappa shape index (κ1) is 23.6. The van der Waals surface area contributed by atoms with Gasteiger partial charge in [-0.1, -0.05) is 6.42 Å². The lowest BCUT2D eigenvalue weighted by atomic mass is 9.95. The maximum atomic E-state index is 12.8. The summed E-state index contributed by atoms with van der Waals surface area (Å²) < 4.78 is 32.2. The van der Waals surface area contributed by atoms with Crippen LogP contribution in [0.3, 0.4) is 0 Å². The van der Waals surface area contributed by atoms with E-state index in [9.17, 15) is 18.0 Å². The predicted octanol–water partition coefficient (Wildman–Crippen LogP) is 4.02. The Morgan fingerprint density at radius 1 is 0.943 bits per heavy atom. The first-order valence-electron chi connectivity index (χ1n) is 12.1. The lowest BCUT2D eigenvalue weighted by Crippen LogP contribution is -2.35. The van der Waals surface area contributed by atoms with Gasteiger partial charge in [-0.15, -0.1) is 0 Å². The van der Waals surface area contributed by atoms with Gasteiger partial charge in [-0.25, -0.2) is 13.2 Å². The van der Waals surface area contributed by atoms with Crippen molar-refractivity contribution in [2.75, 3.05) is 25.0 Å². The number of piperidine rings is 1. The summed E-state index contributed by atoms with van der Waals surface area (Å²) in [5, 5.41) is 3.68. The first-order chi connectivity index (χ1) is 16.9. The SMILES string of the molecule is O=C(COC(=O)c1ccc2[nH]c3c(c2c1)CCCC3)Nc1ccc(S(=O)(=O)N2CCCCC2)cc1. The monoisotopic (exact) mass is 495 g/mol. The highest BCUT2D eigenvalue weighted by atomic mass is 32.2. The van der Waals surface area contributed by atoms with Crippen LogP contribution in [0.1, 0.15) is 53.7 Å². The summed E-state index contributed by atoms with van der Waals surface area (Å²) in [5.74, 6) is -1.05. The summed E-state index contributed by atoms with van der Waals surface area (Å²) in [4.78, 5) is 28.5. The number of nitrogens with one attached hydrogen (secondary N) is 2. The second kappa shape index (κ2) is 9.83. The van der Waals surface area contributed by atoms with Crippen LogP contribution < -0.4 is 5.32 Å². The number of carbonyl (C=O) groups excluding carboxylic acids is 2. The number of aromatic nitrogens is 1. The number of rotatable bonds is 6. The van der Waals surface area contributed by atoms with Gasteiger partial charge in [0.1, 0.15) is 0 Å². The number of anilines is 1. The van der Waals surface area contributed by atoms with E-state index in [1.807, 2.05) is 12.1 Å². The highest BCUT2D eigenvalue weighted by molar-refractivity contribution is 7.89. The van der Waals surface area contributed by atoms with Crippen molar-refractivity contribution in [2.45, 2.75) is 49.8 Å². The fourth-order valence-corrected chi connectivity index (χ4v) is 6.43. The van der Waals surface area contributed by atoms with Gasteiger partial charge in [0.15, 0.2) is 6.61 Å². The van der Waals surface area contributed by atoms with Gasteiger partial charge in [0, 0.05) is 35.4 Å². The molecule has 1 amide bonds. The Morgan fingerprint density at radius 3 is 2.46 bits per heavy atom. The Bertz CT molecular complexity index is 1360. The van der Waals surface area contributed by atoms with Crippen LogP contribution in [-0.2, 0) is 32.4 Å². The molecule has 2 aliphatic rings. The minimum Gasteiger partial charge on any atom is -0.452 e. The minimum atomic E-state index is -3.53. The minimum absolute atomic E-state index is 0.200. The fraction of sp³-hybridized carbons (Fsp3) is 0.385. The zero-order chi connectivity index (χ0) is 24.4. The largest absolute Gasteiger partial charge is 0.452 e. The van der Waals surface area contributed by atoms with Crippen molar-refractivity contribution >= 4 is 38.5 Å². The Morgan fingerprint density at radius 2 is 1.69 bits per heavy atom. The van der Waals surface area contributed by atoms with Gasteiger partial charge >= 0.3 is 5.97 Å². The zero-order valence-corrected chi connectivity index (χ0v) is 20.3. The predicted molar refractivity (Wildman–Crippen MR) is 133 cm³/mol. The summed E-state index contributed by atoms with van der Waals surface area (Å²) in [7, 11) is -3.53. The molecule has 0 saturated carbocycles. The molecule has 8 nitrogen and oxygen atoms in total. The van der Waals surface area contributed by atoms with Crippen molar-refractivity contribution in [2.24, 2.45) is 0 Å². The normalized spacial score (nSPS) is 16.6. The molecule has 35 heavy (non-hydrogen) atoms. The first-order valence-corrected chi connectivity index (χ1v) is 13.6. The number of amides is 1. The Balaban J connectivity index is 1.18. The molecule has 5 rings (SSSR count). The molecule has 1 aromatic heterocycles. The average molecular weight is 496 g/mol. The number of hydrogen-bond donors (Lipinski definition) is 2. The molecular weight excluding hydrogens is 466 g/mol. The molecule has 2 N–H and O–H groups in total. The van der Waals surface area contributed by atoms with E-state index in [2.05, 4.69) is 10.3 Å². The average Bonchev–Trinajstić information content (AvgIpc) is 3.26. The summed E-state index contributed by atoms with van der Waals surface area (Å²) in [6.07, 6.45) is 7.11. The van der Waals surface area contributed by atoms with Crippen molar-refractivity contribution < 1.29 is 22.7 Å². The second-order valence-electron chi connectivity index (χ2n) is 9.16. The molecule has 1 saturated heterocycles. The number of H-pyrrole nitrogens is 1. The number of nitrogens with zero attached hydrogens (tertiary/aromatic N) is 1. The summed E-state index contributed by atoms with van der Waals surface area (Å²) >= 11 is 0. The van der Waals surface area contributed by atoms with Crippen LogP contribution in [0.15, 0.2) is 47.4 Å². The quantitative estimate of drug-likeness (QED) is 0.502. The highest BCUT2D eigenvalue weighted by Crippen LogP contribution is 2.30. The number of aromatic amines is 1. The third kappa shape index (κ3) is 4.97. The molecule has 1 fully saturated rings. The lowest BCUT2D eigenvalue weighted by molar-refractivity contribution is -0.119. The molecule has 0 spiro atoms. The van der Waals surface area contributed by atoms with E-state index in [-0.39, 0.29) is 4.90 Å². The van der Waals surface area contributed by atoms with E-state index < -0.39 is 28.5 Å².